The Morgan fingerprint density at radius 2 is 0.898 bits per heavy atom. The highest BCUT2D eigenvalue weighted by Crippen LogP contribution is 2.74. The Morgan fingerprint density at radius 3 is 1.39 bits per heavy atom. The van der Waals surface area contributed by atoms with Crippen LogP contribution in [0.15, 0.2) is 152 Å². The molecule has 2 aliphatic carbocycles. The highest BCUT2D eigenvalue weighted by Gasteiger charge is 2.82. The number of nitrogens with zero attached hydrogens (tertiary/aromatic N) is 1. The lowest BCUT2D eigenvalue weighted by molar-refractivity contribution is -0.130. The fourth-order valence-electron chi connectivity index (χ4n) is 9.00. The summed E-state index contributed by atoms with van der Waals surface area (Å²) in [6, 6.07) is 47.3. The molecule has 49 heavy (non-hydrogen) atoms. The van der Waals surface area contributed by atoms with Gasteiger partial charge in [-0.05, 0) is 69.1 Å². The van der Waals surface area contributed by atoms with E-state index in [0.717, 1.165) is 33.0 Å². The van der Waals surface area contributed by atoms with E-state index in [-0.39, 0.29) is 5.78 Å². The Morgan fingerprint density at radius 1 is 0.469 bits per heavy atom. The highest BCUT2D eigenvalue weighted by atomic mass is 35.5. The van der Waals surface area contributed by atoms with E-state index in [1.807, 2.05) is 127 Å². The van der Waals surface area contributed by atoms with Crippen molar-refractivity contribution in [2.45, 2.75) is 10.8 Å². The Labute approximate surface area is 293 Å². The first-order valence-electron chi connectivity index (χ1n) is 16.2. The average molecular weight is 677 g/mol. The number of carbonyl (C=O) groups excluding carboxylic acids is 3. The molecule has 1 aliphatic heterocycles. The number of hydrogen-bond acceptors (Lipinski definition) is 3. The van der Waals surface area contributed by atoms with Gasteiger partial charge < -0.3 is 0 Å². The van der Waals surface area contributed by atoms with Gasteiger partial charge in [-0.15, -0.1) is 0 Å². The van der Waals surface area contributed by atoms with Crippen molar-refractivity contribution in [2.75, 3.05) is 4.90 Å². The summed E-state index contributed by atoms with van der Waals surface area (Å²) in [5.74, 6) is -3.06. The predicted octanol–water partition coefficient (Wildman–Crippen LogP) is 9.34. The Balaban J connectivity index is 1.45. The van der Waals surface area contributed by atoms with Crippen LogP contribution in [0.2, 0.25) is 10.0 Å². The van der Waals surface area contributed by atoms with Crippen LogP contribution in [0.4, 0.5) is 5.69 Å². The van der Waals surface area contributed by atoms with Crippen molar-refractivity contribution in [1.29, 1.82) is 0 Å². The molecule has 2 fully saturated rings. The number of anilines is 1. The van der Waals surface area contributed by atoms with Crippen LogP contribution in [-0.2, 0) is 25.2 Å². The Bertz CT molecular complexity index is 2240. The third-order valence-electron chi connectivity index (χ3n) is 10.7. The van der Waals surface area contributed by atoms with Gasteiger partial charge in [-0.1, -0.05) is 145 Å². The SMILES string of the molecule is O=C1[C@H]2[C@H](C(=O)N1c1cccc3ccccc13)[C@@]1(c3ccc(Cl)cc3)C(=O)[C@@]2(c2ccc(Cl)cc2)C(c2ccccc2)=C1c1ccccc1. The second kappa shape index (κ2) is 10.9. The zero-order chi connectivity index (χ0) is 33.5. The number of imide groups is 1. The molecule has 6 aromatic carbocycles. The van der Waals surface area contributed by atoms with Gasteiger partial charge in [0, 0.05) is 15.4 Å². The highest BCUT2D eigenvalue weighted by molar-refractivity contribution is 6.40. The minimum Gasteiger partial charge on any atom is -0.297 e. The second-order valence-corrected chi connectivity index (χ2v) is 13.8. The van der Waals surface area contributed by atoms with Crippen molar-refractivity contribution >= 4 is 68.4 Å². The van der Waals surface area contributed by atoms with E-state index in [1.54, 1.807) is 24.3 Å². The molecular weight excluding hydrogens is 649 g/mol. The minimum atomic E-state index is -1.52. The van der Waals surface area contributed by atoms with Gasteiger partial charge in [-0.2, -0.15) is 0 Å². The van der Waals surface area contributed by atoms with Gasteiger partial charge in [0.2, 0.25) is 11.8 Å². The number of amides is 2. The van der Waals surface area contributed by atoms with Crippen molar-refractivity contribution in [3.05, 3.63) is 184 Å². The minimum absolute atomic E-state index is 0.198. The van der Waals surface area contributed by atoms with Crippen LogP contribution >= 0.6 is 23.2 Å². The largest absolute Gasteiger partial charge is 0.297 e. The maximum absolute atomic E-state index is 16.1. The molecule has 1 heterocycles. The quantitative estimate of drug-likeness (QED) is 0.171. The van der Waals surface area contributed by atoms with E-state index in [9.17, 15) is 0 Å². The second-order valence-electron chi connectivity index (χ2n) is 12.9. The number of rotatable bonds is 5. The molecule has 0 radical (unpaired) electrons. The smallest absolute Gasteiger partial charge is 0.239 e. The van der Waals surface area contributed by atoms with E-state index in [0.29, 0.717) is 26.9 Å². The predicted molar refractivity (Wildman–Crippen MR) is 194 cm³/mol. The summed E-state index contributed by atoms with van der Waals surface area (Å²) in [4.78, 5) is 48.1. The van der Waals surface area contributed by atoms with E-state index in [1.165, 1.54) is 4.90 Å². The van der Waals surface area contributed by atoms with Gasteiger partial charge in [-0.25, -0.2) is 4.90 Å². The molecule has 0 unspecified atom stereocenters. The Kier molecular flexibility index (Phi) is 6.61. The molecule has 0 aromatic heterocycles. The summed E-state index contributed by atoms with van der Waals surface area (Å²) in [6.07, 6.45) is 0. The normalized spacial score (nSPS) is 24.3. The van der Waals surface area contributed by atoms with E-state index >= 15 is 14.4 Å². The molecule has 4 atom stereocenters. The monoisotopic (exact) mass is 675 g/mol. The van der Waals surface area contributed by atoms with Gasteiger partial charge in [-0.3, -0.25) is 14.4 Å². The number of ketones is 1. The van der Waals surface area contributed by atoms with Gasteiger partial charge in [0.05, 0.1) is 28.4 Å². The van der Waals surface area contributed by atoms with Crippen LogP contribution < -0.4 is 4.90 Å². The van der Waals surface area contributed by atoms with Crippen molar-refractivity contribution in [2.24, 2.45) is 11.8 Å². The number of hydrogen-bond donors (Lipinski definition) is 0. The molecule has 2 bridgehead atoms. The van der Waals surface area contributed by atoms with Crippen LogP contribution in [-0.4, -0.2) is 17.6 Å². The molecule has 3 aliphatic rings. The summed E-state index contributed by atoms with van der Waals surface area (Å²) in [6.45, 7) is 0. The Hall–Kier alpha value is -5.29. The maximum atomic E-state index is 16.1. The lowest BCUT2D eigenvalue weighted by Gasteiger charge is -2.39. The molecule has 1 saturated carbocycles. The zero-order valence-electron chi connectivity index (χ0n) is 26.0. The zero-order valence-corrected chi connectivity index (χ0v) is 27.5. The first-order chi connectivity index (χ1) is 23.9. The third-order valence-corrected chi connectivity index (χ3v) is 11.2. The van der Waals surface area contributed by atoms with Crippen molar-refractivity contribution in [3.63, 3.8) is 0 Å². The molecule has 1 saturated heterocycles. The lowest BCUT2D eigenvalue weighted by atomic mass is 9.59. The van der Waals surface area contributed by atoms with Crippen molar-refractivity contribution < 1.29 is 14.4 Å². The molecular formula is C43H27Cl2NO3. The summed E-state index contributed by atoms with van der Waals surface area (Å²) in [7, 11) is 0. The molecule has 6 aromatic rings. The molecule has 6 heteroatoms. The average Bonchev–Trinajstić information content (AvgIpc) is 3.64. The van der Waals surface area contributed by atoms with Crippen LogP contribution in [0, 0.1) is 11.8 Å². The van der Waals surface area contributed by atoms with Crippen molar-refractivity contribution in [3.8, 4) is 0 Å². The van der Waals surface area contributed by atoms with Crippen LogP contribution in [0.5, 0.6) is 0 Å². The third kappa shape index (κ3) is 3.84. The summed E-state index contributed by atoms with van der Waals surface area (Å²) in [5, 5.41) is 2.70. The fourth-order valence-corrected chi connectivity index (χ4v) is 9.25. The molecule has 0 N–H and O–H groups in total. The summed E-state index contributed by atoms with van der Waals surface area (Å²) < 4.78 is 0. The number of carbonyl (C=O) groups is 3. The van der Waals surface area contributed by atoms with Crippen LogP contribution in [0.25, 0.3) is 21.9 Å². The molecule has 4 nitrogen and oxygen atoms in total. The van der Waals surface area contributed by atoms with Gasteiger partial charge in [0.1, 0.15) is 0 Å². The standard InChI is InChI=1S/C43H27Cl2NO3/c44-31-22-18-29(19-23-31)42-35(27-11-3-1-4-12-27)36(28-13-5-2-6-14-28)43(41(42)49,30-20-24-32(45)25-21-30)38-37(42)39(47)46(40(38)48)34-17-9-15-26-10-7-8-16-33(26)34/h1-25,37-38H/t37-,38-,42+,43+/m1/s1. The first kappa shape index (κ1) is 29.8. The first-order valence-corrected chi connectivity index (χ1v) is 16.9. The van der Waals surface area contributed by atoms with Gasteiger partial charge in [0.15, 0.2) is 5.78 Å². The summed E-state index contributed by atoms with van der Waals surface area (Å²) in [5.41, 5.74) is 1.78. The molecule has 236 valence electrons. The molecule has 2 amide bonds. The van der Waals surface area contributed by atoms with E-state index in [2.05, 4.69) is 0 Å². The van der Waals surface area contributed by atoms with Crippen LogP contribution in [0.1, 0.15) is 22.3 Å². The van der Waals surface area contributed by atoms with Gasteiger partial charge in [0.25, 0.3) is 0 Å². The van der Waals surface area contributed by atoms with E-state index < -0.39 is 34.5 Å². The maximum Gasteiger partial charge on any atom is 0.239 e. The number of halogens is 2. The van der Waals surface area contributed by atoms with Crippen LogP contribution in [0.3, 0.4) is 0 Å². The topological polar surface area (TPSA) is 54.5 Å². The number of allylic oxidation sites excluding steroid dienone is 2. The number of Topliss-reactive ketones (excluding diaryl/α,β-unsaturated/α-hetero) is 1. The summed E-state index contributed by atoms with van der Waals surface area (Å²) >= 11 is 12.9. The van der Waals surface area contributed by atoms with E-state index in [4.69, 9.17) is 23.2 Å². The lowest BCUT2D eigenvalue weighted by Crippen LogP contribution is -2.45. The van der Waals surface area contributed by atoms with Gasteiger partial charge >= 0.3 is 0 Å². The fraction of sp³-hybridized carbons (Fsp3) is 0.0930. The van der Waals surface area contributed by atoms with Crippen molar-refractivity contribution in [1.82, 2.24) is 0 Å². The molecule has 9 rings (SSSR count). The number of fused-ring (bicyclic) bond motifs is 6. The number of benzene rings is 6. The molecule has 0 spiro atoms.